The summed E-state index contributed by atoms with van der Waals surface area (Å²) >= 11 is 6.08. The van der Waals surface area contributed by atoms with E-state index in [4.69, 9.17) is 21.1 Å². The van der Waals surface area contributed by atoms with Gasteiger partial charge < -0.3 is 14.8 Å². The number of nitrogens with zero attached hydrogens (tertiary/aromatic N) is 2. The van der Waals surface area contributed by atoms with Crippen molar-refractivity contribution in [3.8, 4) is 17.3 Å². The van der Waals surface area contributed by atoms with Crippen LogP contribution >= 0.6 is 11.6 Å². The van der Waals surface area contributed by atoms with Gasteiger partial charge in [-0.15, -0.1) is 5.10 Å². The molecule has 0 radical (unpaired) electrons. The van der Waals surface area contributed by atoms with Gasteiger partial charge in [0, 0.05) is 23.7 Å². The summed E-state index contributed by atoms with van der Waals surface area (Å²) in [6.07, 6.45) is -0.317. The van der Waals surface area contributed by atoms with Gasteiger partial charge in [0.25, 0.3) is 11.5 Å². The van der Waals surface area contributed by atoms with Gasteiger partial charge in [-0.05, 0) is 55.7 Å². The van der Waals surface area contributed by atoms with Crippen LogP contribution in [-0.2, 0) is 11.3 Å². The number of halogens is 1. The molecule has 0 saturated carbocycles. The third-order valence-electron chi connectivity index (χ3n) is 4.80. The Morgan fingerprint density at radius 2 is 1.88 bits per heavy atom. The van der Waals surface area contributed by atoms with Crippen molar-refractivity contribution in [2.75, 3.05) is 6.61 Å². The molecule has 1 N–H and O–H groups in total. The molecule has 7 nitrogen and oxygen atoms in total. The first-order chi connectivity index (χ1) is 15.4. The molecule has 32 heavy (non-hydrogen) atoms. The van der Waals surface area contributed by atoms with Crippen molar-refractivity contribution < 1.29 is 14.3 Å². The number of ether oxygens (including phenoxy) is 2. The molecule has 1 atom stereocenters. The first-order valence-corrected chi connectivity index (χ1v) is 10.8. The molecule has 0 aliphatic rings. The topological polar surface area (TPSA) is 82.5 Å². The summed E-state index contributed by atoms with van der Waals surface area (Å²) in [6.45, 7) is 6.59. The predicted octanol–water partition coefficient (Wildman–Crippen LogP) is 4.07. The van der Waals surface area contributed by atoms with E-state index in [0.29, 0.717) is 30.3 Å². The maximum Gasteiger partial charge on any atom is 0.271 e. The number of carbonyl (C=O) groups is 1. The molecule has 0 aliphatic carbocycles. The highest BCUT2D eigenvalue weighted by molar-refractivity contribution is 6.30. The highest BCUT2D eigenvalue weighted by atomic mass is 35.5. The van der Waals surface area contributed by atoms with Crippen LogP contribution in [-0.4, -0.2) is 28.4 Å². The number of benzene rings is 2. The van der Waals surface area contributed by atoms with E-state index >= 15 is 0 Å². The molecule has 0 aliphatic heterocycles. The van der Waals surface area contributed by atoms with Crippen molar-refractivity contribution in [2.45, 2.75) is 39.8 Å². The molecule has 1 amide bonds. The Kier molecular flexibility index (Phi) is 7.89. The second kappa shape index (κ2) is 10.8. The fourth-order valence-corrected chi connectivity index (χ4v) is 3.25. The Morgan fingerprint density at radius 3 is 2.56 bits per heavy atom. The number of aromatic nitrogens is 2. The van der Waals surface area contributed by atoms with Crippen LogP contribution in [0.15, 0.2) is 59.4 Å². The molecule has 0 unspecified atom stereocenters. The molecule has 3 rings (SSSR count). The minimum Gasteiger partial charge on any atom is -0.494 e. The Labute approximate surface area is 191 Å². The summed E-state index contributed by atoms with van der Waals surface area (Å²) in [7, 11) is 0. The number of rotatable bonds is 9. The van der Waals surface area contributed by atoms with Crippen LogP contribution in [0.3, 0.4) is 0 Å². The van der Waals surface area contributed by atoms with Gasteiger partial charge in [-0.1, -0.05) is 36.7 Å². The number of carbonyl (C=O) groups excluding carboxylic acids is 1. The lowest BCUT2D eigenvalue weighted by Crippen LogP contribution is -2.38. The SMILES string of the molecule is CCOc1ccc(CNC(=O)[C@@H](CC)Oc2ccc(=O)n(-c3cc(Cl)ccc3C)n2)cc1. The fourth-order valence-electron chi connectivity index (χ4n) is 3.08. The second-order valence-corrected chi connectivity index (χ2v) is 7.60. The number of aryl methyl sites for hydroxylation is 1. The summed E-state index contributed by atoms with van der Waals surface area (Å²) in [6, 6.07) is 15.6. The van der Waals surface area contributed by atoms with Crippen LogP contribution in [0.5, 0.6) is 11.6 Å². The van der Waals surface area contributed by atoms with Crippen LogP contribution < -0.4 is 20.3 Å². The summed E-state index contributed by atoms with van der Waals surface area (Å²) < 4.78 is 12.5. The molecule has 1 heterocycles. The lowest BCUT2D eigenvalue weighted by Gasteiger charge is -2.17. The molecule has 1 aromatic heterocycles. The third kappa shape index (κ3) is 5.88. The van der Waals surface area contributed by atoms with Crippen molar-refractivity contribution in [3.05, 3.63) is 81.1 Å². The molecule has 0 spiro atoms. The number of amides is 1. The van der Waals surface area contributed by atoms with E-state index in [0.717, 1.165) is 16.9 Å². The predicted molar refractivity (Wildman–Crippen MR) is 124 cm³/mol. The summed E-state index contributed by atoms with van der Waals surface area (Å²) in [4.78, 5) is 25.0. The maximum atomic E-state index is 12.7. The van der Waals surface area contributed by atoms with E-state index < -0.39 is 6.10 Å². The van der Waals surface area contributed by atoms with Gasteiger partial charge in [-0.3, -0.25) is 9.59 Å². The van der Waals surface area contributed by atoms with Gasteiger partial charge in [0.2, 0.25) is 5.88 Å². The molecule has 3 aromatic rings. The zero-order valence-electron chi connectivity index (χ0n) is 18.3. The van der Waals surface area contributed by atoms with E-state index in [1.807, 2.05) is 51.1 Å². The Morgan fingerprint density at radius 1 is 1.12 bits per heavy atom. The molecule has 0 bridgehead atoms. The monoisotopic (exact) mass is 455 g/mol. The minimum atomic E-state index is -0.753. The summed E-state index contributed by atoms with van der Waals surface area (Å²) in [5.74, 6) is 0.695. The average molecular weight is 456 g/mol. The Balaban J connectivity index is 1.70. The van der Waals surface area contributed by atoms with E-state index in [9.17, 15) is 9.59 Å². The van der Waals surface area contributed by atoms with Gasteiger partial charge in [-0.2, -0.15) is 4.68 Å². The first kappa shape index (κ1) is 23.3. The van der Waals surface area contributed by atoms with Gasteiger partial charge in [0.15, 0.2) is 6.10 Å². The van der Waals surface area contributed by atoms with Gasteiger partial charge in [-0.25, -0.2) is 0 Å². The lowest BCUT2D eigenvalue weighted by molar-refractivity contribution is -0.128. The molecule has 168 valence electrons. The van der Waals surface area contributed by atoms with Crippen LogP contribution in [0, 0.1) is 6.92 Å². The summed E-state index contributed by atoms with van der Waals surface area (Å²) in [5.41, 5.74) is 2.01. The zero-order chi connectivity index (χ0) is 23.1. The third-order valence-corrected chi connectivity index (χ3v) is 5.04. The lowest BCUT2D eigenvalue weighted by atomic mass is 10.2. The van der Waals surface area contributed by atoms with Crippen molar-refractivity contribution in [1.29, 1.82) is 0 Å². The van der Waals surface area contributed by atoms with E-state index in [-0.39, 0.29) is 17.3 Å². The largest absolute Gasteiger partial charge is 0.494 e. The van der Waals surface area contributed by atoms with Gasteiger partial charge in [0.05, 0.1) is 12.3 Å². The molecule has 0 fully saturated rings. The smallest absolute Gasteiger partial charge is 0.271 e. The van der Waals surface area contributed by atoms with Crippen LogP contribution in [0.2, 0.25) is 5.02 Å². The van der Waals surface area contributed by atoms with Crippen LogP contribution in [0.4, 0.5) is 0 Å². The van der Waals surface area contributed by atoms with Crippen LogP contribution in [0.25, 0.3) is 5.69 Å². The zero-order valence-corrected chi connectivity index (χ0v) is 19.1. The molecule has 2 aromatic carbocycles. The minimum absolute atomic E-state index is 0.173. The first-order valence-electron chi connectivity index (χ1n) is 10.4. The quantitative estimate of drug-likeness (QED) is 0.526. The number of hydrogen-bond donors (Lipinski definition) is 1. The Bertz CT molecular complexity index is 1130. The maximum absolute atomic E-state index is 12.7. The van der Waals surface area contributed by atoms with E-state index in [1.165, 1.54) is 16.8 Å². The molecular formula is C24H26ClN3O4. The number of hydrogen-bond acceptors (Lipinski definition) is 5. The van der Waals surface area contributed by atoms with Crippen molar-refractivity contribution in [2.24, 2.45) is 0 Å². The molecule has 0 saturated heterocycles. The Hall–Kier alpha value is -3.32. The average Bonchev–Trinajstić information content (AvgIpc) is 2.79. The van der Waals surface area contributed by atoms with E-state index in [2.05, 4.69) is 10.4 Å². The number of nitrogens with one attached hydrogen (secondary N) is 1. The highest BCUT2D eigenvalue weighted by Crippen LogP contribution is 2.19. The van der Waals surface area contributed by atoms with Gasteiger partial charge >= 0.3 is 0 Å². The highest BCUT2D eigenvalue weighted by Gasteiger charge is 2.19. The second-order valence-electron chi connectivity index (χ2n) is 7.16. The van der Waals surface area contributed by atoms with Crippen molar-refractivity contribution in [1.82, 2.24) is 15.1 Å². The van der Waals surface area contributed by atoms with Gasteiger partial charge in [0.1, 0.15) is 5.75 Å². The van der Waals surface area contributed by atoms with Crippen molar-refractivity contribution in [3.63, 3.8) is 0 Å². The van der Waals surface area contributed by atoms with Crippen LogP contribution in [0.1, 0.15) is 31.4 Å². The molecule has 8 heteroatoms. The normalized spacial score (nSPS) is 11.6. The molecular weight excluding hydrogens is 430 g/mol. The van der Waals surface area contributed by atoms with E-state index in [1.54, 1.807) is 12.1 Å². The standard InChI is InChI=1S/C24H26ClN3O4/c1-4-21(24(30)26-15-17-7-10-19(11-8-17)31-5-2)32-22-12-13-23(29)28(27-22)20-14-18(25)9-6-16(20)3/h6-14,21H,4-5,15H2,1-3H3,(H,26,30)/t21-/m1/s1. The fraction of sp³-hybridized carbons (Fsp3) is 0.292. The van der Waals surface area contributed by atoms with Crippen molar-refractivity contribution >= 4 is 17.5 Å². The summed E-state index contributed by atoms with van der Waals surface area (Å²) in [5, 5.41) is 7.66.